The van der Waals surface area contributed by atoms with Crippen LogP contribution in [0.25, 0.3) is 6.08 Å². The van der Waals surface area contributed by atoms with Crippen molar-refractivity contribution in [1.82, 2.24) is 0 Å². The van der Waals surface area contributed by atoms with E-state index in [1.807, 2.05) is 36.4 Å². The molecule has 0 radical (unpaired) electrons. The average Bonchev–Trinajstić information content (AvgIpc) is 2.74. The van der Waals surface area contributed by atoms with Crippen molar-refractivity contribution < 1.29 is 19.4 Å². The smallest absolute Gasteiger partial charge is 0.248 e. The largest absolute Gasteiger partial charge is 0.504 e. The number of nitrogens with one attached hydrogen (secondary N) is 1. The molecule has 0 aromatic heterocycles. The minimum Gasteiger partial charge on any atom is -0.504 e. The maximum atomic E-state index is 12.3. The SMILES string of the molecule is COc1ccc(/C=C/C(=O)Nc2ccccc2OCCc2ccccc2)cc1O. The second-order valence-corrected chi connectivity index (χ2v) is 6.33. The Morgan fingerprint density at radius 3 is 2.52 bits per heavy atom. The average molecular weight is 389 g/mol. The molecule has 3 aromatic carbocycles. The van der Waals surface area contributed by atoms with E-state index in [0.717, 1.165) is 6.42 Å². The fourth-order valence-corrected chi connectivity index (χ4v) is 2.78. The van der Waals surface area contributed by atoms with E-state index in [4.69, 9.17) is 9.47 Å². The molecule has 5 nitrogen and oxygen atoms in total. The number of ether oxygens (including phenoxy) is 2. The summed E-state index contributed by atoms with van der Waals surface area (Å²) in [7, 11) is 1.48. The number of anilines is 1. The Kier molecular flexibility index (Phi) is 6.90. The monoisotopic (exact) mass is 389 g/mol. The van der Waals surface area contributed by atoms with E-state index in [9.17, 15) is 9.90 Å². The summed E-state index contributed by atoms with van der Waals surface area (Å²) in [6.45, 7) is 0.512. The summed E-state index contributed by atoms with van der Waals surface area (Å²) in [6, 6.07) is 22.3. The molecule has 0 bridgehead atoms. The zero-order valence-electron chi connectivity index (χ0n) is 16.2. The number of phenolic OH excluding ortho intramolecular Hbond substituents is 1. The maximum absolute atomic E-state index is 12.3. The molecular formula is C24H23NO4. The Morgan fingerprint density at radius 1 is 1.00 bits per heavy atom. The minimum atomic E-state index is -0.292. The van der Waals surface area contributed by atoms with Crippen LogP contribution >= 0.6 is 0 Å². The number of methoxy groups -OCH3 is 1. The predicted molar refractivity (Wildman–Crippen MR) is 114 cm³/mol. The van der Waals surface area contributed by atoms with Crippen LogP contribution in [0.4, 0.5) is 5.69 Å². The highest BCUT2D eigenvalue weighted by molar-refractivity contribution is 6.02. The molecule has 0 saturated heterocycles. The first kappa shape index (κ1) is 20.0. The number of benzene rings is 3. The van der Waals surface area contributed by atoms with E-state index < -0.39 is 0 Å². The molecule has 0 fully saturated rings. The van der Waals surface area contributed by atoms with Gasteiger partial charge in [0.15, 0.2) is 11.5 Å². The van der Waals surface area contributed by atoms with Gasteiger partial charge in [0.05, 0.1) is 19.4 Å². The predicted octanol–water partition coefficient (Wildman–Crippen LogP) is 4.67. The number of rotatable bonds is 8. The van der Waals surface area contributed by atoms with Gasteiger partial charge in [-0.3, -0.25) is 4.79 Å². The normalized spacial score (nSPS) is 10.7. The van der Waals surface area contributed by atoms with Gasteiger partial charge in [0.25, 0.3) is 0 Å². The number of hydrogen-bond acceptors (Lipinski definition) is 4. The van der Waals surface area contributed by atoms with Gasteiger partial charge in [-0.1, -0.05) is 48.5 Å². The molecule has 0 aliphatic carbocycles. The lowest BCUT2D eigenvalue weighted by Crippen LogP contribution is -2.10. The number of hydrogen-bond donors (Lipinski definition) is 2. The van der Waals surface area contributed by atoms with Crippen molar-refractivity contribution in [3.63, 3.8) is 0 Å². The summed E-state index contributed by atoms with van der Waals surface area (Å²) in [5.74, 6) is 0.729. The molecule has 0 heterocycles. The Hall–Kier alpha value is -3.73. The van der Waals surface area contributed by atoms with E-state index in [2.05, 4.69) is 17.4 Å². The van der Waals surface area contributed by atoms with E-state index in [1.165, 1.54) is 24.8 Å². The number of carbonyl (C=O) groups is 1. The van der Waals surface area contributed by atoms with Gasteiger partial charge < -0.3 is 19.9 Å². The van der Waals surface area contributed by atoms with Crippen LogP contribution in [0.1, 0.15) is 11.1 Å². The highest BCUT2D eigenvalue weighted by atomic mass is 16.5. The number of carbonyl (C=O) groups excluding carboxylic acids is 1. The van der Waals surface area contributed by atoms with Gasteiger partial charge in [-0.15, -0.1) is 0 Å². The van der Waals surface area contributed by atoms with Crippen molar-refractivity contribution in [2.45, 2.75) is 6.42 Å². The Labute approximate surface area is 170 Å². The molecular weight excluding hydrogens is 366 g/mol. The fourth-order valence-electron chi connectivity index (χ4n) is 2.78. The molecule has 0 spiro atoms. The van der Waals surface area contributed by atoms with E-state index in [-0.39, 0.29) is 11.7 Å². The Morgan fingerprint density at radius 2 is 1.76 bits per heavy atom. The van der Waals surface area contributed by atoms with Crippen LogP contribution in [0.5, 0.6) is 17.2 Å². The summed E-state index contributed by atoms with van der Waals surface area (Å²) in [5, 5.41) is 12.6. The molecule has 0 saturated carbocycles. The van der Waals surface area contributed by atoms with Crippen LogP contribution in [0.2, 0.25) is 0 Å². The molecule has 3 aromatic rings. The van der Waals surface area contributed by atoms with Crippen LogP contribution in [-0.2, 0) is 11.2 Å². The first-order valence-electron chi connectivity index (χ1n) is 9.27. The van der Waals surface area contributed by atoms with Crippen molar-refractivity contribution in [2.75, 3.05) is 19.0 Å². The molecule has 29 heavy (non-hydrogen) atoms. The van der Waals surface area contributed by atoms with Crippen molar-refractivity contribution in [3.8, 4) is 17.2 Å². The Balaban J connectivity index is 1.59. The van der Waals surface area contributed by atoms with Gasteiger partial charge in [-0.05, 0) is 41.5 Å². The summed E-state index contributed by atoms with van der Waals surface area (Å²) in [6.07, 6.45) is 3.80. The van der Waals surface area contributed by atoms with Crippen molar-refractivity contribution in [2.24, 2.45) is 0 Å². The summed E-state index contributed by atoms with van der Waals surface area (Å²) < 4.78 is 10.9. The summed E-state index contributed by atoms with van der Waals surface area (Å²) >= 11 is 0. The Bertz CT molecular complexity index is 983. The zero-order valence-corrected chi connectivity index (χ0v) is 16.2. The highest BCUT2D eigenvalue weighted by Gasteiger charge is 2.06. The van der Waals surface area contributed by atoms with Gasteiger partial charge >= 0.3 is 0 Å². The standard InChI is InChI=1S/C24H23NO4/c1-28-23-13-11-19(17-21(23)26)12-14-24(27)25-20-9-5-6-10-22(20)29-16-15-18-7-3-2-4-8-18/h2-14,17,26H,15-16H2,1H3,(H,25,27)/b14-12+. The molecule has 3 rings (SSSR count). The van der Waals surface area contributed by atoms with E-state index in [0.29, 0.717) is 29.4 Å². The van der Waals surface area contributed by atoms with Crippen LogP contribution < -0.4 is 14.8 Å². The number of amides is 1. The molecule has 2 N–H and O–H groups in total. The summed E-state index contributed by atoms with van der Waals surface area (Å²) in [4.78, 5) is 12.3. The molecule has 0 aliphatic rings. The topological polar surface area (TPSA) is 67.8 Å². The lowest BCUT2D eigenvalue weighted by molar-refractivity contribution is -0.111. The third-order valence-electron chi connectivity index (χ3n) is 4.27. The minimum absolute atomic E-state index is 0.0206. The van der Waals surface area contributed by atoms with Gasteiger partial charge in [0.1, 0.15) is 5.75 Å². The molecule has 148 valence electrons. The lowest BCUT2D eigenvalue weighted by atomic mass is 10.2. The molecule has 0 unspecified atom stereocenters. The zero-order chi connectivity index (χ0) is 20.5. The second-order valence-electron chi connectivity index (χ2n) is 6.33. The maximum Gasteiger partial charge on any atom is 0.248 e. The van der Waals surface area contributed by atoms with Crippen molar-refractivity contribution in [1.29, 1.82) is 0 Å². The van der Waals surface area contributed by atoms with E-state index in [1.54, 1.807) is 24.3 Å². The van der Waals surface area contributed by atoms with Crippen LogP contribution in [0, 0.1) is 0 Å². The first-order chi connectivity index (χ1) is 14.2. The van der Waals surface area contributed by atoms with E-state index >= 15 is 0 Å². The second kappa shape index (κ2) is 9.99. The third kappa shape index (κ3) is 5.87. The summed E-state index contributed by atoms with van der Waals surface area (Å²) in [5.41, 5.74) is 2.48. The van der Waals surface area contributed by atoms with Gasteiger partial charge in [0.2, 0.25) is 5.91 Å². The fraction of sp³-hybridized carbons (Fsp3) is 0.125. The van der Waals surface area contributed by atoms with Crippen LogP contribution in [-0.4, -0.2) is 24.7 Å². The van der Waals surface area contributed by atoms with Gasteiger partial charge in [-0.25, -0.2) is 0 Å². The molecule has 0 atom stereocenters. The van der Waals surface area contributed by atoms with Crippen LogP contribution in [0.15, 0.2) is 78.9 Å². The lowest BCUT2D eigenvalue weighted by Gasteiger charge is -2.11. The number of para-hydroxylation sites is 2. The molecule has 1 amide bonds. The number of phenols is 1. The van der Waals surface area contributed by atoms with Crippen molar-refractivity contribution >= 4 is 17.7 Å². The van der Waals surface area contributed by atoms with Crippen LogP contribution in [0.3, 0.4) is 0 Å². The first-order valence-corrected chi connectivity index (χ1v) is 9.27. The number of aromatic hydroxyl groups is 1. The van der Waals surface area contributed by atoms with Gasteiger partial charge in [0, 0.05) is 12.5 Å². The molecule has 0 aliphatic heterocycles. The van der Waals surface area contributed by atoms with Crippen molar-refractivity contribution in [3.05, 3.63) is 90.0 Å². The highest BCUT2D eigenvalue weighted by Crippen LogP contribution is 2.27. The third-order valence-corrected chi connectivity index (χ3v) is 4.27. The molecule has 5 heteroatoms. The van der Waals surface area contributed by atoms with Gasteiger partial charge in [-0.2, -0.15) is 0 Å². The quantitative estimate of drug-likeness (QED) is 0.549.